The summed E-state index contributed by atoms with van der Waals surface area (Å²) in [6.07, 6.45) is -0.455. The molecule has 1 aromatic rings. The summed E-state index contributed by atoms with van der Waals surface area (Å²) in [5.41, 5.74) is 2.23. The maximum Gasteiger partial charge on any atom is 0.343 e. The van der Waals surface area contributed by atoms with Crippen LogP contribution in [-0.2, 0) is 0 Å². The van der Waals surface area contributed by atoms with Crippen molar-refractivity contribution in [3.05, 3.63) is 38.0 Å². The molecule has 0 radical (unpaired) electrons. The van der Waals surface area contributed by atoms with Crippen molar-refractivity contribution < 1.29 is 28.9 Å². The summed E-state index contributed by atoms with van der Waals surface area (Å²) < 4.78 is 18.4. The van der Waals surface area contributed by atoms with Gasteiger partial charge < -0.3 is 24.1 Å². The molecule has 0 saturated heterocycles. The van der Waals surface area contributed by atoms with Crippen molar-refractivity contribution in [3.8, 4) is 28.6 Å². The van der Waals surface area contributed by atoms with Crippen LogP contribution in [0.5, 0.6) is 17.2 Å². The van der Waals surface area contributed by atoms with Crippen molar-refractivity contribution in [3.63, 3.8) is 0 Å². The molecular weight excluding hydrogens is 400 g/mol. The summed E-state index contributed by atoms with van der Waals surface area (Å²) in [6, 6.07) is 0. The zero-order valence-electron chi connectivity index (χ0n) is 18.2. The van der Waals surface area contributed by atoms with Crippen molar-refractivity contribution in [2.75, 3.05) is 0 Å². The van der Waals surface area contributed by atoms with E-state index in [1.54, 1.807) is 13.8 Å². The number of hydrogen-bond donors (Lipinski definition) is 2. The third-order valence-electron chi connectivity index (χ3n) is 7.17. The summed E-state index contributed by atoms with van der Waals surface area (Å²) in [5.74, 6) is -0.900. The number of ether oxygens (including phenoxy) is 2. The lowest BCUT2D eigenvalue weighted by Crippen LogP contribution is -2.27. The Hall–Kier alpha value is -3.22. The first-order valence-corrected chi connectivity index (χ1v) is 10.4. The van der Waals surface area contributed by atoms with Crippen molar-refractivity contribution in [1.29, 1.82) is 0 Å². The molecule has 1 aliphatic carbocycles. The molecule has 0 saturated carbocycles. The lowest BCUT2D eigenvalue weighted by molar-refractivity contribution is 0.0694. The SMILES string of the molecule is Cc1c(O)c(C(=O)O)c2oc3c4c(c(C)c(=O)c-3c3c2c1[C@H](C)[C@@H](C)O3)[C@H](C)[C@@H](C)O4. The van der Waals surface area contributed by atoms with Crippen LogP contribution in [0.15, 0.2) is 9.21 Å². The van der Waals surface area contributed by atoms with Crippen molar-refractivity contribution in [1.82, 2.24) is 0 Å². The van der Waals surface area contributed by atoms with Gasteiger partial charge in [-0.3, -0.25) is 4.79 Å². The van der Waals surface area contributed by atoms with Crippen LogP contribution in [0.2, 0.25) is 0 Å². The van der Waals surface area contributed by atoms with Crippen molar-refractivity contribution >= 4 is 16.9 Å². The Bertz CT molecular complexity index is 1330. The van der Waals surface area contributed by atoms with E-state index in [1.165, 1.54) is 0 Å². The van der Waals surface area contributed by atoms with Crippen LogP contribution in [0, 0.1) is 13.8 Å². The molecule has 0 spiro atoms. The molecule has 0 fully saturated rings. The minimum atomic E-state index is -1.32. The van der Waals surface area contributed by atoms with Gasteiger partial charge in [0.15, 0.2) is 22.5 Å². The Kier molecular flexibility index (Phi) is 3.92. The van der Waals surface area contributed by atoms with E-state index in [9.17, 15) is 19.8 Å². The van der Waals surface area contributed by atoms with Gasteiger partial charge in [0.05, 0.1) is 5.39 Å². The molecule has 0 bridgehead atoms. The highest BCUT2D eigenvalue weighted by molar-refractivity contribution is 6.09. The molecule has 162 valence electrons. The molecule has 2 N–H and O–H groups in total. The van der Waals surface area contributed by atoms with Gasteiger partial charge in [-0.1, -0.05) is 13.8 Å². The highest BCUT2D eigenvalue weighted by Crippen LogP contribution is 2.55. The van der Waals surface area contributed by atoms with Crippen molar-refractivity contribution in [2.45, 2.75) is 65.6 Å². The molecule has 7 nitrogen and oxygen atoms in total. The van der Waals surface area contributed by atoms with E-state index < -0.39 is 5.97 Å². The second kappa shape index (κ2) is 6.15. The summed E-state index contributed by atoms with van der Waals surface area (Å²) in [4.78, 5) is 25.6. The average Bonchev–Trinajstić information content (AvgIpc) is 3.00. The summed E-state index contributed by atoms with van der Waals surface area (Å²) in [7, 11) is 0. The van der Waals surface area contributed by atoms with E-state index in [1.807, 2.05) is 27.7 Å². The largest absolute Gasteiger partial charge is 0.507 e. The van der Waals surface area contributed by atoms with Gasteiger partial charge in [0.1, 0.15) is 34.8 Å². The molecule has 4 atom stereocenters. The predicted molar refractivity (Wildman–Crippen MR) is 114 cm³/mol. The van der Waals surface area contributed by atoms with Gasteiger partial charge in [-0.2, -0.15) is 0 Å². The first-order valence-electron chi connectivity index (χ1n) is 10.4. The standard InChI is InChI=1S/C24H24O7/c1-7-11(5)29-20-15-13(7)9(3)19(26)17(24(27)28)21(15)31-23-16(20)18(25)10(4)14-8(2)12(6)30-22(14)23/h7-8,11-12,26H,1-6H3,(H,27,28)/t7-,8-,11-,12-/m1/s1. The second-order valence-electron chi connectivity index (χ2n) is 8.83. The number of carboxylic acid groups (broad SMARTS) is 1. The minimum Gasteiger partial charge on any atom is -0.507 e. The number of carbonyl (C=O) groups is 1. The third kappa shape index (κ3) is 2.29. The Balaban J connectivity index is 2.09. The number of phenols is 1. The van der Waals surface area contributed by atoms with Crippen LogP contribution in [0.25, 0.3) is 22.3 Å². The Morgan fingerprint density at radius 2 is 1.48 bits per heavy atom. The Labute approximate surface area is 178 Å². The fourth-order valence-electron chi connectivity index (χ4n) is 5.13. The van der Waals surface area contributed by atoms with Gasteiger partial charge in [-0.05, 0) is 38.8 Å². The van der Waals surface area contributed by atoms with Crippen LogP contribution in [0.1, 0.15) is 72.1 Å². The molecule has 3 heterocycles. The second-order valence-corrected chi connectivity index (χ2v) is 8.83. The minimum absolute atomic E-state index is 0.00638. The van der Waals surface area contributed by atoms with Gasteiger partial charge in [-0.15, -0.1) is 0 Å². The lowest BCUT2D eigenvalue weighted by atomic mass is 9.83. The first-order chi connectivity index (χ1) is 14.6. The number of aromatic hydroxyl groups is 1. The van der Waals surface area contributed by atoms with Crippen molar-refractivity contribution in [2.24, 2.45) is 0 Å². The fourth-order valence-corrected chi connectivity index (χ4v) is 5.13. The molecule has 0 amide bonds. The van der Waals surface area contributed by atoms with Crippen LogP contribution < -0.4 is 14.9 Å². The van der Waals surface area contributed by atoms with E-state index in [-0.39, 0.29) is 57.7 Å². The monoisotopic (exact) mass is 424 g/mol. The smallest absolute Gasteiger partial charge is 0.343 e. The molecule has 3 aliphatic heterocycles. The molecule has 1 aromatic carbocycles. The van der Waals surface area contributed by atoms with Crippen LogP contribution in [-0.4, -0.2) is 28.4 Å². The molecule has 0 unspecified atom stereocenters. The maximum absolute atomic E-state index is 13.5. The number of carboxylic acids is 1. The summed E-state index contributed by atoms with van der Waals surface area (Å²) in [6.45, 7) is 11.2. The molecule has 0 aromatic heterocycles. The molecule has 4 aliphatic rings. The molecular formula is C24H24O7. The number of aromatic carboxylic acids is 1. The number of rotatable bonds is 1. The zero-order valence-corrected chi connectivity index (χ0v) is 18.2. The topological polar surface area (TPSA) is 106 Å². The van der Waals surface area contributed by atoms with Crippen LogP contribution in [0.3, 0.4) is 0 Å². The van der Waals surface area contributed by atoms with E-state index in [0.717, 1.165) is 11.1 Å². The zero-order chi connectivity index (χ0) is 22.5. The average molecular weight is 424 g/mol. The normalized spacial score (nSPS) is 24.2. The molecule has 5 rings (SSSR count). The lowest BCUT2D eigenvalue weighted by Gasteiger charge is -2.33. The quantitative estimate of drug-likeness (QED) is 0.546. The number of fused-ring (bicyclic) bond motifs is 4. The predicted octanol–water partition coefficient (Wildman–Crippen LogP) is 4.69. The van der Waals surface area contributed by atoms with Crippen LogP contribution in [0.4, 0.5) is 0 Å². The van der Waals surface area contributed by atoms with Crippen LogP contribution >= 0.6 is 0 Å². The van der Waals surface area contributed by atoms with Gasteiger partial charge in [0, 0.05) is 23.0 Å². The van der Waals surface area contributed by atoms with Gasteiger partial charge in [0.25, 0.3) is 0 Å². The number of benzene rings is 2. The van der Waals surface area contributed by atoms with E-state index in [4.69, 9.17) is 13.9 Å². The highest BCUT2D eigenvalue weighted by Gasteiger charge is 2.42. The number of hydrogen-bond acceptors (Lipinski definition) is 6. The fraction of sp³-hybridized carbons (Fsp3) is 0.417. The van der Waals surface area contributed by atoms with E-state index >= 15 is 0 Å². The van der Waals surface area contributed by atoms with E-state index in [2.05, 4.69) is 0 Å². The summed E-state index contributed by atoms with van der Waals surface area (Å²) in [5, 5.41) is 21.1. The summed E-state index contributed by atoms with van der Waals surface area (Å²) >= 11 is 0. The van der Waals surface area contributed by atoms with Gasteiger partial charge in [-0.25, -0.2) is 4.79 Å². The van der Waals surface area contributed by atoms with Gasteiger partial charge >= 0.3 is 5.97 Å². The first kappa shape index (κ1) is 19.7. The van der Waals surface area contributed by atoms with E-state index in [0.29, 0.717) is 28.0 Å². The molecule has 7 heteroatoms. The van der Waals surface area contributed by atoms with Gasteiger partial charge in [0.2, 0.25) is 0 Å². The third-order valence-corrected chi connectivity index (χ3v) is 7.17. The Morgan fingerprint density at radius 3 is 2.10 bits per heavy atom. The highest BCUT2D eigenvalue weighted by atomic mass is 16.5. The molecule has 31 heavy (non-hydrogen) atoms. The Morgan fingerprint density at radius 1 is 0.903 bits per heavy atom. The maximum atomic E-state index is 13.5.